The van der Waals surface area contributed by atoms with Crippen molar-refractivity contribution in [2.24, 2.45) is 5.92 Å². The Bertz CT molecular complexity index is 1310. The van der Waals surface area contributed by atoms with E-state index in [4.69, 9.17) is 4.74 Å². The quantitative estimate of drug-likeness (QED) is 0.352. The lowest BCUT2D eigenvalue weighted by Gasteiger charge is -2.30. The molecule has 5 rings (SSSR count). The van der Waals surface area contributed by atoms with Gasteiger partial charge in [-0.05, 0) is 57.6 Å². The Balaban J connectivity index is 1.51. The highest BCUT2D eigenvalue weighted by Crippen LogP contribution is 2.36. The summed E-state index contributed by atoms with van der Waals surface area (Å²) in [6.45, 7) is 3.47. The number of nitrogens with zero attached hydrogens (tertiary/aromatic N) is 3. The molecule has 3 heterocycles. The second-order valence-corrected chi connectivity index (χ2v) is 10.4. The molecule has 1 aliphatic carbocycles. The molecule has 3 N–H and O–H groups in total. The lowest BCUT2D eigenvalue weighted by atomic mass is 10.0. The van der Waals surface area contributed by atoms with Crippen LogP contribution in [-0.2, 0) is 4.74 Å². The second kappa shape index (κ2) is 10.0. The number of halogens is 4. The molecule has 0 bridgehead atoms. The smallest absolute Gasteiger partial charge is 0.381 e. The van der Waals surface area contributed by atoms with Crippen molar-refractivity contribution >= 4 is 23.1 Å². The number of imidazole rings is 1. The molecule has 2 fully saturated rings. The Hall–Kier alpha value is -3.41. The third-order valence-corrected chi connectivity index (χ3v) is 6.99. The number of alkyl halides is 3. The van der Waals surface area contributed by atoms with E-state index in [0.29, 0.717) is 36.6 Å². The SMILES string of the molecule is CC(C)(Nc1nn2c(-c3ccc(C(=O)NC4CC4)cc3)cnc2c(NCC2CCOCC2)c1F)C(F)(F)F. The molecule has 8 nitrogen and oxygen atoms in total. The molecule has 12 heteroatoms. The molecular weight excluding hydrogens is 504 g/mol. The number of nitrogens with one attached hydrogen (secondary N) is 3. The maximum Gasteiger partial charge on any atom is 0.410 e. The standard InChI is InChI=1S/C26H30F4N6O2/c1-25(2,26(28,29)30)34-22-20(27)21(31-13-15-9-11-38-12-10-15)23-32-14-19(36(23)35-22)16-3-5-17(6-4-16)24(37)33-18-7-8-18/h3-6,14-15,18,31H,7-13H2,1-2H3,(H,33,37)(H,34,35). The first-order valence-corrected chi connectivity index (χ1v) is 12.7. The zero-order valence-electron chi connectivity index (χ0n) is 21.2. The van der Waals surface area contributed by atoms with Crippen LogP contribution in [0.1, 0.15) is 49.9 Å². The number of rotatable bonds is 8. The predicted octanol–water partition coefficient (Wildman–Crippen LogP) is 5.02. The van der Waals surface area contributed by atoms with Gasteiger partial charge in [-0.15, -0.1) is 5.10 Å². The molecule has 3 aromatic rings. The fourth-order valence-corrected chi connectivity index (χ4v) is 4.26. The highest BCUT2D eigenvalue weighted by atomic mass is 19.4. The summed E-state index contributed by atoms with van der Waals surface area (Å²) in [4.78, 5) is 16.7. The molecule has 1 aromatic carbocycles. The van der Waals surface area contributed by atoms with Crippen LogP contribution in [0.3, 0.4) is 0 Å². The summed E-state index contributed by atoms with van der Waals surface area (Å²) in [7, 11) is 0. The van der Waals surface area contributed by atoms with Gasteiger partial charge in [-0.25, -0.2) is 13.9 Å². The molecular formula is C26H30F4N6O2. The average Bonchev–Trinajstić information content (AvgIpc) is 3.60. The molecule has 0 unspecified atom stereocenters. The number of hydrogen-bond acceptors (Lipinski definition) is 6. The van der Waals surface area contributed by atoms with Crippen LogP contribution in [-0.4, -0.2) is 58.0 Å². The average molecular weight is 535 g/mol. The van der Waals surface area contributed by atoms with Crippen molar-refractivity contribution < 1.29 is 27.1 Å². The third-order valence-electron chi connectivity index (χ3n) is 6.99. The minimum atomic E-state index is -4.65. The van der Waals surface area contributed by atoms with Crippen LogP contribution >= 0.6 is 0 Å². The van der Waals surface area contributed by atoms with Gasteiger partial charge in [0.1, 0.15) is 11.2 Å². The van der Waals surface area contributed by atoms with Crippen molar-refractivity contribution in [2.45, 2.75) is 57.3 Å². The molecule has 38 heavy (non-hydrogen) atoms. The molecule has 0 spiro atoms. The van der Waals surface area contributed by atoms with Crippen LogP contribution in [0.2, 0.25) is 0 Å². The highest BCUT2D eigenvalue weighted by molar-refractivity contribution is 5.95. The van der Waals surface area contributed by atoms with Crippen molar-refractivity contribution in [3.05, 3.63) is 41.8 Å². The number of carbonyl (C=O) groups is 1. The summed E-state index contributed by atoms with van der Waals surface area (Å²) in [6, 6.07) is 6.95. The van der Waals surface area contributed by atoms with E-state index in [-0.39, 0.29) is 29.2 Å². The van der Waals surface area contributed by atoms with Crippen molar-refractivity contribution in [3.63, 3.8) is 0 Å². The molecule has 0 atom stereocenters. The normalized spacial score (nSPS) is 17.0. The number of hydrogen-bond donors (Lipinski definition) is 3. The van der Waals surface area contributed by atoms with Crippen molar-refractivity contribution in [1.29, 1.82) is 0 Å². The van der Waals surface area contributed by atoms with Crippen LogP contribution < -0.4 is 16.0 Å². The number of ether oxygens (including phenoxy) is 1. The van der Waals surface area contributed by atoms with Gasteiger partial charge >= 0.3 is 6.18 Å². The fourth-order valence-electron chi connectivity index (χ4n) is 4.26. The number of aromatic nitrogens is 3. The van der Waals surface area contributed by atoms with Gasteiger partial charge in [0.05, 0.1) is 11.9 Å². The lowest BCUT2D eigenvalue weighted by molar-refractivity contribution is -0.168. The highest BCUT2D eigenvalue weighted by Gasteiger charge is 2.48. The molecule has 1 saturated carbocycles. The Morgan fingerprint density at radius 3 is 2.42 bits per heavy atom. The lowest BCUT2D eigenvalue weighted by Crippen LogP contribution is -2.46. The number of carbonyl (C=O) groups excluding carboxylic acids is 1. The first kappa shape index (κ1) is 26.2. The third kappa shape index (κ3) is 5.40. The first-order chi connectivity index (χ1) is 18.0. The summed E-state index contributed by atoms with van der Waals surface area (Å²) < 4.78 is 63.3. The molecule has 204 valence electrons. The van der Waals surface area contributed by atoms with E-state index < -0.39 is 23.4 Å². The van der Waals surface area contributed by atoms with E-state index in [1.807, 2.05) is 0 Å². The van der Waals surface area contributed by atoms with Crippen LogP contribution in [0, 0.1) is 11.7 Å². The van der Waals surface area contributed by atoms with Crippen LogP contribution in [0.25, 0.3) is 16.9 Å². The molecule has 1 amide bonds. The van der Waals surface area contributed by atoms with Gasteiger partial charge in [-0.3, -0.25) is 4.79 Å². The number of anilines is 2. The van der Waals surface area contributed by atoms with Gasteiger partial charge in [0.15, 0.2) is 17.3 Å². The number of fused-ring (bicyclic) bond motifs is 1. The van der Waals surface area contributed by atoms with E-state index in [9.17, 15) is 18.0 Å². The maximum atomic E-state index is 15.7. The minimum absolute atomic E-state index is 0.0290. The molecule has 0 radical (unpaired) electrons. The molecule has 1 aliphatic heterocycles. The van der Waals surface area contributed by atoms with Gasteiger partial charge in [-0.2, -0.15) is 13.2 Å². The summed E-state index contributed by atoms with van der Waals surface area (Å²) in [5.74, 6) is -1.43. The fraction of sp³-hybridized carbons (Fsp3) is 0.500. The summed E-state index contributed by atoms with van der Waals surface area (Å²) in [5.41, 5.74) is -0.771. The zero-order valence-corrected chi connectivity index (χ0v) is 21.2. The largest absolute Gasteiger partial charge is 0.410 e. The van der Waals surface area contributed by atoms with Gasteiger partial charge in [0.25, 0.3) is 5.91 Å². The van der Waals surface area contributed by atoms with E-state index in [1.54, 1.807) is 24.3 Å². The van der Waals surface area contributed by atoms with Crippen LogP contribution in [0.5, 0.6) is 0 Å². The number of amides is 1. The van der Waals surface area contributed by atoms with Gasteiger partial charge in [0.2, 0.25) is 0 Å². The van der Waals surface area contributed by atoms with Crippen molar-refractivity contribution in [2.75, 3.05) is 30.4 Å². The molecule has 2 aliphatic rings. The van der Waals surface area contributed by atoms with Crippen LogP contribution in [0.15, 0.2) is 30.5 Å². The van der Waals surface area contributed by atoms with Gasteiger partial charge in [0, 0.05) is 36.9 Å². The molecule has 2 aromatic heterocycles. The summed E-state index contributed by atoms with van der Waals surface area (Å²) >= 11 is 0. The zero-order chi connectivity index (χ0) is 27.1. The van der Waals surface area contributed by atoms with E-state index in [0.717, 1.165) is 39.5 Å². The van der Waals surface area contributed by atoms with E-state index in [2.05, 4.69) is 26.0 Å². The summed E-state index contributed by atoms with van der Waals surface area (Å²) in [5, 5.41) is 12.4. The van der Waals surface area contributed by atoms with Crippen LogP contribution in [0.4, 0.5) is 29.1 Å². The van der Waals surface area contributed by atoms with E-state index in [1.165, 1.54) is 10.7 Å². The molecule has 1 saturated heterocycles. The summed E-state index contributed by atoms with van der Waals surface area (Å²) in [6.07, 6.45) is 0.367. The van der Waals surface area contributed by atoms with Crippen molar-refractivity contribution in [1.82, 2.24) is 19.9 Å². The van der Waals surface area contributed by atoms with Crippen molar-refractivity contribution in [3.8, 4) is 11.3 Å². The Morgan fingerprint density at radius 2 is 1.79 bits per heavy atom. The minimum Gasteiger partial charge on any atom is -0.381 e. The van der Waals surface area contributed by atoms with E-state index >= 15 is 4.39 Å². The number of benzene rings is 1. The Morgan fingerprint density at radius 1 is 1.11 bits per heavy atom. The monoisotopic (exact) mass is 534 g/mol. The Labute approximate surface area is 217 Å². The predicted molar refractivity (Wildman–Crippen MR) is 135 cm³/mol. The second-order valence-electron chi connectivity index (χ2n) is 10.4. The maximum absolute atomic E-state index is 15.7. The van der Waals surface area contributed by atoms with Gasteiger partial charge in [-0.1, -0.05) is 12.1 Å². The Kier molecular flexibility index (Phi) is 6.93. The topological polar surface area (TPSA) is 92.6 Å². The first-order valence-electron chi connectivity index (χ1n) is 12.7. The van der Waals surface area contributed by atoms with Gasteiger partial charge < -0.3 is 20.7 Å².